The molecule has 1 heterocycles. The molecule has 31 heavy (non-hydrogen) atoms. The SMILES string of the molecule is CC1=C(C(=O)OC(C)(C)C)C(c2ccc(OC(F)F)cc2)C2=C(CC(C)(C)CC2=O)N1. The van der Waals surface area contributed by atoms with Gasteiger partial charge in [-0.25, -0.2) is 4.79 Å². The van der Waals surface area contributed by atoms with Gasteiger partial charge < -0.3 is 14.8 Å². The summed E-state index contributed by atoms with van der Waals surface area (Å²) in [4.78, 5) is 26.4. The molecule has 1 unspecified atom stereocenters. The Morgan fingerprint density at radius 3 is 2.32 bits per heavy atom. The van der Waals surface area contributed by atoms with Gasteiger partial charge in [-0.3, -0.25) is 4.79 Å². The molecule has 1 aromatic carbocycles. The fourth-order valence-electron chi connectivity index (χ4n) is 4.21. The van der Waals surface area contributed by atoms with Crippen LogP contribution in [0.2, 0.25) is 0 Å². The highest BCUT2D eigenvalue weighted by atomic mass is 19.3. The van der Waals surface area contributed by atoms with Gasteiger partial charge in [0, 0.05) is 29.3 Å². The van der Waals surface area contributed by atoms with Crippen LogP contribution in [-0.4, -0.2) is 24.0 Å². The molecule has 0 bridgehead atoms. The number of ketones is 1. The molecular weight excluding hydrogens is 404 g/mol. The minimum atomic E-state index is -2.93. The van der Waals surface area contributed by atoms with E-state index in [4.69, 9.17) is 4.74 Å². The van der Waals surface area contributed by atoms with Crippen molar-refractivity contribution in [2.75, 3.05) is 0 Å². The fourth-order valence-corrected chi connectivity index (χ4v) is 4.21. The summed E-state index contributed by atoms with van der Waals surface area (Å²) in [5.41, 5.74) is 2.03. The summed E-state index contributed by atoms with van der Waals surface area (Å²) >= 11 is 0. The number of carbonyl (C=O) groups is 2. The number of hydrogen-bond acceptors (Lipinski definition) is 5. The van der Waals surface area contributed by atoms with Gasteiger partial charge in [0.05, 0.1) is 5.57 Å². The molecule has 1 aliphatic heterocycles. The summed E-state index contributed by atoms with van der Waals surface area (Å²) in [6.45, 7) is 8.26. The number of dihydropyridines is 1. The minimum Gasteiger partial charge on any atom is -0.457 e. The van der Waals surface area contributed by atoms with E-state index in [1.165, 1.54) is 12.1 Å². The zero-order chi connectivity index (χ0) is 23.1. The third kappa shape index (κ3) is 5.14. The van der Waals surface area contributed by atoms with Gasteiger partial charge >= 0.3 is 12.6 Å². The number of allylic oxidation sites excluding steroid dienone is 3. The van der Waals surface area contributed by atoms with Crippen molar-refractivity contribution in [1.82, 2.24) is 5.32 Å². The first-order valence-corrected chi connectivity index (χ1v) is 10.3. The van der Waals surface area contributed by atoms with Crippen molar-refractivity contribution in [3.8, 4) is 5.75 Å². The van der Waals surface area contributed by atoms with Crippen LogP contribution in [0.4, 0.5) is 8.78 Å². The van der Waals surface area contributed by atoms with Crippen molar-refractivity contribution in [2.45, 2.75) is 72.5 Å². The van der Waals surface area contributed by atoms with Crippen LogP contribution in [0.1, 0.15) is 65.9 Å². The number of benzene rings is 1. The van der Waals surface area contributed by atoms with E-state index in [-0.39, 0.29) is 16.9 Å². The largest absolute Gasteiger partial charge is 0.457 e. The molecule has 0 fully saturated rings. The van der Waals surface area contributed by atoms with E-state index in [0.717, 1.165) is 5.70 Å². The molecular formula is C24H29F2NO4. The van der Waals surface area contributed by atoms with Gasteiger partial charge in [-0.1, -0.05) is 26.0 Å². The molecule has 0 aromatic heterocycles. The number of hydrogen-bond donors (Lipinski definition) is 1. The monoisotopic (exact) mass is 433 g/mol. The molecule has 0 saturated heterocycles. The lowest BCUT2D eigenvalue weighted by molar-refractivity contribution is -0.150. The number of esters is 1. The summed E-state index contributed by atoms with van der Waals surface area (Å²) in [6.07, 6.45) is 1.02. The Kier molecular flexibility index (Phi) is 6.00. The van der Waals surface area contributed by atoms with Crippen molar-refractivity contribution in [1.29, 1.82) is 0 Å². The van der Waals surface area contributed by atoms with Crippen LogP contribution in [0.15, 0.2) is 46.8 Å². The molecule has 168 valence electrons. The lowest BCUT2D eigenvalue weighted by Gasteiger charge is -2.39. The summed E-state index contributed by atoms with van der Waals surface area (Å²) in [6, 6.07) is 6.07. The molecule has 0 saturated carbocycles. The maximum atomic E-state index is 13.2. The highest BCUT2D eigenvalue weighted by Crippen LogP contribution is 2.47. The Bertz CT molecular complexity index is 953. The number of alkyl halides is 2. The number of carbonyl (C=O) groups excluding carboxylic acids is 2. The van der Waals surface area contributed by atoms with Crippen molar-refractivity contribution in [3.05, 3.63) is 52.4 Å². The predicted octanol–water partition coefficient (Wildman–Crippen LogP) is 5.23. The van der Waals surface area contributed by atoms with E-state index in [0.29, 0.717) is 35.2 Å². The number of nitrogens with one attached hydrogen (secondary N) is 1. The van der Waals surface area contributed by atoms with E-state index in [2.05, 4.69) is 10.1 Å². The second kappa shape index (κ2) is 8.09. The van der Waals surface area contributed by atoms with Crippen molar-refractivity contribution in [2.24, 2.45) is 5.41 Å². The van der Waals surface area contributed by atoms with Gasteiger partial charge in [0.15, 0.2) is 5.78 Å². The van der Waals surface area contributed by atoms with Gasteiger partial charge in [0.2, 0.25) is 0 Å². The van der Waals surface area contributed by atoms with Crippen LogP contribution in [0, 0.1) is 5.41 Å². The van der Waals surface area contributed by atoms with Crippen LogP contribution >= 0.6 is 0 Å². The Labute approximate surface area is 181 Å². The molecule has 0 spiro atoms. The molecule has 3 rings (SSSR count). The maximum absolute atomic E-state index is 13.2. The lowest BCUT2D eigenvalue weighted by atomic mass is 9.68. The Morgan fingerprint density at radius 1 is 1.16 bits per heavy atom. The van der Waals surface area contributed by atoms with Crippen LogP contribution in [0.3, 0.4) is 0 Å². The smallest absolute Gasteiger partial charge is 0.387 e. The molecule has 7 heteroatoms. The van der Waals surface area contributed by atoms with Crippen LogP contribution in [-0.2, 0) is 14.3 Å². The Hall–Kier alpha value is -2.70. The second-order valence-electron chi connectivity index (χ2n) is 9.88. The topological polar surface area (TPSA) is 64.6 Å². The zero-order valence-electron chi connectivity index (χ0n) is 18.8. The average Bonchev–Trinajstić information content (AvgIpc) is 2.57. The number of Topliss-reactive ketones (excluding diaryl/α,β-unsaturated/α-hetero) is 1. The molecule has 1 aromatic rings. The molecule has 5 nitrogen and oxygen atoms in total. The van der Waals surface area contributed by atoms with Crippen molar-refractivity contribution >= 4 is 11.8 Å². The van der Waals surface area contributed by atoms with Gasteiger partial charge in [0.25, 0.3) is 0 Å². The first-order chi connectivity index (χ1) is 14.3. The third-order valence-corrected chi connectivity index (χ3v) is 5.30. The summed E-state index contributed by atoms with van der Waals surface area (Å²) in [7, 11) is 0. The predicted molar refractivity (Wildman–Crippen MR) is 113 cm³/mol. The average molecular weight is 433 g/mol. The van der Waals surface area contributed by atoms with E-state index in [1.54, 1.807) is 39.8 Å². The lowest BCUT2D eigenvalue weighted by Crippen LogP contribution is -2.39. The molecule has 1 N–H and O–H groups in total. The normalized spacial score (nSPS) is 21.1. The molecule has 0 amide bonds. The van der Waals surface area contributed by atoms with E-state index >= 15 is 0 Å². The third-order valence-electron chi connectivity index (χ3n) is 5.30. The van der Waals surface area contributed by atoms with Crippen LogP contribution in [0.5, 0.6) is 5.75 Å². The van der Waals surface area contributed by atoms with Crippen molar-refractivity contribution in [3.63, 3.8) is 0 Å². The quantitative estimate of drug-likeness (QED) is 0.659. The van der Waals surface area contributed by atoms with Crippen LogP contribution in [0.25, 0.3) is 0 Å². The van der Waals surface area contributed by atoms with Gasteiger partial charge in [-0.15, -0.1) is 0 Å². The van der Waals surface area contributed by atoms with E-state index in [1.807, 2.05) is 13.8 Å². The zero-order valence-corrected chi connectivity index (χ0v) is 18.8. The highest BCUT2D eigenvalue weighted by molar-refractivity contribution is 6.04. The van der Waals surface area contributed by atoms with Crippen LogP contribution < -0.4 is 10.1 Å². The van der Waals surface area contributed by atoms with Gasteiger partial charge in [-0.05, 0) is 57.2 Å². The fraction of sp³-hybridized carbons (Fsp3) is 0.500. The van der Waals surface area contributed by atoms with E-state index < -0.39 is 24.1 Å². The molecule has 2 aliphatic rings. The molecule has 0 radical (unpaired) electrons. The number of halogens is 2. The van der Waals surface area contributed by atoms with E-state index in [9.17, 15) is 18.4 Å². The summed E-state index contributed by atoms with van der Waals surface area (Å²) in [5.74, 6) is -1.18. The first-order valence-electron chi connectivity index (χ1n) is 10.3. The summed E-state index contributed by atoms with van der Waals surface area (Å²) < 4.78 is 35.2. The second-order valence-corrected chi connectivity index (χ2v) is 9.88. The Morgan fingerprint density at radius 2 is 1.77 bits per heavy atom. The summed E-state index contributed by atoms with van der Waals surface area (Å²) in [5, 5.41) is 3.27. The molecule has 1 aliphatic carbocycles. The number of ether oxygens (including phenoxy) is 2. The Balaban J connectivity index is 2.11. The van der Waals surface area contributed by atoms with Crippen molar-refractivity contribution < 1.29 is 27.8 Å². The maximum Gasteiger partial charge on any atom is 0.387 e. The van der Waals surface area contributed by atoms with Gasteiger partial charge in [-0.2, -0.15) is 8.78 Å². The highest BCUT2D eigenvalue weighted by Gasteiger charge is 2.43. The first kappa shape index (κ1) is 23.0. The number of rotatable bonds is 4. The van der Waals surface area contributed by atoms with Gasteiger partial charge in [0.1, 0.15) is 11.4 Å². The minimum absolute atomic E-state index is 0.0116. The molecule has 1 atom stereocenters. The standard InChI is InChI=1S/C24H29F2NO4/c1-13-18(21(29)31-23(2,3)4)19(14-7-9-15(10-8-14)30-22(25)26)20-16(27-13)11-24(5,6)12-17(20)28/h7-10,19,22,27H,11-12H2,1-6H3.